The van der Waals surface area contributed by atoms with Crippen LogP contribution in [0.2, 0.25) is 0 Å². The molecule has 0 aliphatic rings. The average Bonchev–Trinajstić information content (AvgIpc) is 3.20. The van der Waals surface area contributed by atoms with Crippen LogP contribution >= 0.6 is 0 Å². The van der Waals surface area contributed by atoms with Gasteiger partial charge < -0.3 is 20.1 Å². The molecule has 0 radical (unpaired) electrons. The number of imidazole rings is 1. The van der Waals surface area contributed by atoms with Crippen molar-refractivity contribution in [3.05, 3.63) is 60.7 Å². The maximum absolute atomic E-state index is 12.0. The van der Waals surface area contributed by atoms with E-state index in [0.29, 0.717) is 22.8 Å². The van der Waals surface area contributed by atoms with Crippen LogP contribution in [0, 0.1) is 0 Å². The van der Waals surface area contributed by atoms with Crippen LogP contribution in [0.25, 0.3) is 22.6 Å². The van der Waals surface area contributed by atoms with Gasteiger partial charge in [-0.25, -0.2) is 19.7 Å². The first kappa shape index (κ1) is 20.3. The van der Waals surface area contributed by atoms with E-state index < -0.39 is 12.0 Å². The van der Waals surface area contributed by atoms with Crippen LogP contribution in [0.1, 0.15) is 25.5 Å². The zero-order valence-electron chi connectivity index (χ0n) is 17.1. The fourth-order valence-corrected chi connectivity index (χ4v) is 3.25. The van der Waals surface area contributed by atoms with Gasteiger partial charge >= 0.3 is 5.97 Å². The summed E-state index contributed by atoms with van der Waals surface area (Å²) in [5, 5.41) is 22.3. The first-order chi connectivity index (χ1) is 14.9. The number of pyridine rings is 1. The maximum Gasteiger partial charge on any atom is 0.326 e. The van der Waals surface area contributed by atoms with E-state index >= 15 is 0 Å². The molecule has 1 aromatic carbocycles. The Hall–Kier alpha value is -4.01. The Balaban J connectivity index is 1.77. The minimum Gasteiger partial charge on any atom is -0.508 e. The van der Waals surface area contributed by atoms with Gasteiger partial charge in [0.2, 0.25) is 0 Å². The van der Waals surface area contributed by atoms with E-state index in [4.69, 9.17) is 0 Å². The molecule has 9 heteroatoms. The molecule has 0 fully saturated rings. The van der Waals surface area contributed by atoms with Gasteiger partial charge in [-0.05, 0) is 43.7 Å². The molecule has 4 aromatic rings. The number of aromatic nitrogens is 5. The lowest BCUT2D eigenvalue weighted by Crippen LogP contribution is -2.32. The van der Waals surface area contributed by atoms with Gasteiger partial charge in [0.05, 0.1) is 6.33 Å². The fourth-order valence-electron chi connectivity index (χ4n) is 3.25. The second-order valence-electron chi connectivity index (χ2n) is 7.46. The molecular formula is C22H22N6O3. The van der Waals surface area contributed by atoms with Gasteiger partial charge in [-0.15, -0.1) is 0 Å². The average molecular weight is 418 g/mol. The third-order valence-corrected chi connectivity index (χ3v) is 4.88. The number of rotatable bonds is 7. The molecule has 3 N–H and O–H groups in total. The van der Waals surface area contributed by atoms with Crippen molar-refractivity contribution in [1.29, 1.82) is 0 Å². The Morgan fingerprint density at radius 1 is 1.16 bits per heavy atom. The van der Waals surface area contributed by atoms with Crippen LogP contribution in [-0.4, -0.2) is 46.7 Å². The molecule has 0 saturated heterocycles. The van der Waals surface area contributed by atoms with Gasteiger partial charge in [0, 0.05) is 30.4 Å². The lowest BCUT2D eigenvalue weighted by atomic mass is 10.1. The Bertz CT molecular complexity index is 1210. The summed E-state index contributed by atoms with van der Waals surface area (Å²) in [6.07, 6.45) is 5.20. The second-order valence-corrected chi connectivity index (χ2v) is 7.46. The molecule has 0 amide bonds. The van der Waals surface area contributed by atoms with Gasteiger partial charge in [0.1, 0.15) is 11.8 Å². The molecule has 0 aliphatic heterocycles. The molecule has 3 aromatic heterocycles. The van der Waals surface area contributed by atoms with Gasteiger partial charge in [-0.2, -0.15) is 0 Å². The minimum absolute atomic E-state index is 0.113. The second kappa shape index (κ2) is 8.39. The molecule has 0 unspecified atom stereocenters. The molecule has 0 bridgehead atoms. The highest BCUT2D eigenvalue weighted by Crippen LogP contribution is 2.26. The zero-order valence-corrected chi connectivity index (χ0v) is 17.1. The summed E-state index contributed by atoms with van der Waals surface area (Å²) in [6, 6.07) is 9.24. The number of carboxylic acids is 1. The molecule has 9 nitrogen and oxygen atoms in total. The highest BCUT2D eigenvalue weighted by Gasteiger charge is 2.23. The normalized spacial score (nSPS) is 12.2. The summed E-state index contributed by atoms with van der Waals surface area (Å²) in [6.45, 7) is 4.04. The number of hydrogen-bond donors (Lipinski definition) is 3. The smallest absolute Gasteiger partial charge is 0.326 e. The van der Waals surface area contributed by atoms with Crippen LogP contribution in [0.5, 0.6) is 5.75 Å². The number of aromatic hydroxyl groups is 1. The summed E-state index contributed by atoms with van der Waals surface area (Å²) in [5.74, 6) is -0.124. The highest BCUT2D eigenvalue weighted by atomic mass is 16.4. The summed E-state index contributed by atoms with van der Waals surface area (Å²) < 4.78 is 1.91. The number of nitrogens with zero attached hydrogens (tertiary/aromatic N) is 5. The standard InChI is InChI=1S/C22H22N6O3/c1-13(2)28-12-24-18-20(26-19(27-21(18)28)15-4-3-9-23-11-15)25-17(22(30)31)10-14-5-7-16(29)8-6-14/h3-9,11-13,17,29H,10H2,1-2H3,(H,30,31)(H,25,26,27)/t17-/m0/s1. The topological polar surface area (TPSA) is 126 Å². The van der Waals surface area contributed by atoms with E-state index in [1.165, 1.54) is 12.1 Å². The van der Waals surface area contributed by atoms with Crippen LogP contribution < -0.4 is 5.32 Å². The number of aliphatic carboxylic acids is 1. The van der Waals surface area contributed by atoms with Crippen molar-refractivity contribution < 1.29 is 15.0 Å². The number of phenolic OH excluding ortho intramolecular Hbond substituents is 1. The molecule has 0 aliphatic carbocycles. The van der Waals surface area contributed by atoms with Gasteiger partial charge in [-0.3, -0.25) is 4.98 Å². The van der Waals surface area contributed by atoms with Crippen molar-refractivity contribution in [3.63, 3.8) is 0 Å². The van der Waals surface area contributed by atoms with Gasteiger partial charge in [0.15, 0.2) is 22.8 Å². The Morgan fingerprint density at radius 2 is 1.94 bits per heavy atom. The van der Waals surface area contributed by atoms with Gasteiger partial charge in [-0.1, -0.05) is 12.1 Å². The van der Waals surface area contributed by atoms with Crippen LogP contribution in [0.4, 0.5) is 5.82 Å². The zero-order chi connectivity index (χ0) is 22.0. The van der Waals surface area contributed by atoms with E-state index in [-0.39, 0.29) is 18.2 Å². The van der Waals surface area contributed by atoms with Crippen molar-refractivity contribution in [3.8, 4) is 17.1 Å². The van der Waals surface area contributed by atoms with E-state index in [0.717, 1.165) is 11.1 Å². The molecule has 1 atom stereocenters. The van der Waals surface area contributed by atoms with Gasteiger partial charge in [0.25, 0.3) is 0 Å². The van der Waals surface area contributed by atoms with E-state index in [2.05, 4.69) is 25.3 Å². The third-order valence-electron chi connectivity index (χ3n) is 4.88. The van der Waals surface area contributed by atoms with Crippen molar-refractivity contribution in [2.45, 2.75) is 32.4 Å². The Kier molecular flexibility index (Phi) is 5.48. The summed E-state index contributed by atoms with van der Waals surface area (Å²) in [7, 11) is 0. The quantitative estimate of drug-likeness (QED) is 0.417. The molecule has 0 saturated carbocycles. The van der Waals surface area contributed by atoms with Crippen LogP contribution in [-0.2, 0) is 11.2 Å². The predicted octanol–water partition coefficient (Wildman–Crippen LogP) is 3.28. The van der Waals surface area contributed by atoms with Crippen molar-refractivity contribution >= 4 is 23.0 Å². The SMILES string of the molecule is CC(C)n1cnc2c(N[C@@H](Cc3ccc(O)cc3)C(=O)O)nc(-c3cccnc3)nc21. The summed E-state index contributed by atoms with van der Waals surface area (Å²) in [5.41, 5.74) is 2.59. The first-order valence-corrected chi connectivity index (χ1v) is 9.84. The molecule has 158 valence electrons. The number of carboxylic acid groups (broad SMARTS) is 1. The number of fused-ring (bicyclic) bond motifs is 1. The largest absolute Gasteiger partial charge is 0.508 e. The Labute approximate surface area is 178 Å². The predicted molar refractivity (Wildman–Crippen MR) is 116 cm³/mol. The minimum atomic E-state index is -1.02. The number of hydrogen-bond acceptors (Lipinski definition) is 7. The van der Waals surface area contributed by atoms with Crippen molar-refractivity contribution in [2.24, 2.45) is 0 Å². The van der Waals surface area contributed by atoms with E-state index in [9.17, 15) is 15.0 Å². The number of anilines is 1. The third kappa shape index (κ3) is 4.30. The number of phenols is 1. The first-order valence-electron chi connectivity index (χ1n) is 9.84. The lowest BCUT2D eigenvalue weighted by molar-refractivity contribution is -0.137. The van der Waals surface area contributed by atoms with E-state index in [1.54, 1.807) is 36.9 Å². The number of nitrogens with one attached hydrogen (secondary N) is 1. The van der Waals surface area contributed by atoms with Crippen molar-refractivity contribution in [1.82, 2.24) is 24.5 Å². The highest BCUT2D eigenvalue weighted by molar-refractivity contribution is 5.88. The number of carbonyl (C=O) groups is 1. The fraction of sp³-hybridized carbons (Fsp3) is 0.227. The molecule has 0 spiro atoms. The molecule has 4 rings (SSSR count). The summed E-state index contributed by atoms with van der Waals surface area (Å²) in [4.78, 5) is 29.8. The lowest BCUT2D eigenvalue weighted by Gasteiger charge is -2.17. The van der Waals surface area contributed by atoms with Crippen LogP contribution in [0.15, 0.2) is 55.1 Å². The molecule has 3 heterocycles. The molecule has 31 heavy (non-hydrogen) atoms. The molecular weight excluding hydrogens is 396 g/mol. The Morgan fingerprint density at radius 3 is 2.58 bits per heavy atom. The number of benzene rings is 1. The summed E-state index contributed by atoms with van der Waals surface area (Å²) >= 11 is 0. The van der Waals surface area contributed by atoms with Crippen LogP contribution in [0.3, 0.4) is 0 Å². The van der Waals surface area contributed by atoms with Crippen molar-refractivity contribution in [2.75, 3.05) is 5.32 Å². The van der Waals surface area contributed by atoms with E-state index in [1.807, 2.05) is 24.5 Å². The maximum atomic E-state index is 12.0. The monoisotopic (exact) mass is 418 g/mol.